The van der Waals surface area contributed by atoms with Crippen LogP contribution in [0.4, 0.5) is 0 Å². The fraction of sp³-hybridized carbons (Fsp3) is 0.400. The van der Waals surface area contributed by atoms with Gasteiger partial charge in [-0.05, 0) is 26.0 Å². The second-order valence-electron chi connectivity index (χ2n) is 3.47. The Bertz CT molecular complexity index is 287. The van der Waals surface area contributed by atoms with E-state index >= 15 is 0 Å². The summed E-state index contributed by atoms with van der Waals surface area (Å²) in [5.74, 6) is 0. The van der Waals surface area contributed by atoms with Gasteiger partial charge in [0.15, 0.2) is 0 Å². The number of nitrogens with zero attached hydrogens (tertiary/aromatic N) is 1. The van der Waals surface area contributed by atoms with Gasteiger partial charge in [0.2, 0.25) is 0 Å². The number of hydrogen-bond donors (Lipinski definition) is 2. The molecule has 0 atom stereocenters. The van der Waals surface area contributed by atoms with Crippen LogP contribution in [0.15, 0.2) is 35.2 Å². The average Bonchev–Trinajstić information content (AvgIpc) is 2.18. The zero-order valence-electron chi connectivity index (χ0n) is 8.71. The third-order valence-corrected chi connectivity index (χ3v) is 4.32. The van der Waals surface area contributed by atoms with Gasteiger partial charge < -0.3 is 0 Å². The van der Waals surface area contributed by atoms with E-state index in [9.17, 15) is 9.11 Å². The van der Waals surface area contributed by atoms with Crippen molar-refractivity contribution in [3.05, 3.63) is 30.3 Å². The molecule has 3 nitrogen and oxygen atoms in total. The fourth-order valence-electron chi connectivity index (χ4n) is 1.06. The minimum atomic E-state index is -2.80. The van der Waals surface area contributed by atoms with Gasteiger partial charge in [-0.25, -0.2) is 4.31 Å². The maximum absolute atomic E-state index is 9.99. The summed E-state index contributed by atoms with van der Waals surface area (Å²) in [6.07, 6.45) is 0. The lowest BCUT2D eigenvalue weighted by Crippen LogP contribution is -2.29. The van der Waals surface area contributed by atoms with Crippen molar-refractivity contribution in [1.29, 1.82) is 0 Å². The van der Waals surface area contributed by atoms with Crippen LogP contribution in [0, 0.1) is 0 Å². The summed E-state index contributed by atoms with van der Waals surface area (Å²) >= 11 is 0. The van der Waals surface area contributed by atoms with Crippen molar-refractivity contribution in [2.45, 2.75) is 24.8 Å². The molecule has 0 fully saturated rings. The molecule has 80 valence electrons. The topological polar surface area (TPSA) is 43.7 Å². The lowest BCUT2D eigenvalue weighted by molar-refractivity contribution is 0.346. The molecule has 14 heavy (non-hydrogen) atoms. The molecule has 0 saturated heterocycles. The van der Waals surface area contributed by atoms with Gasteiger partial charge in [0.05, 0.1) is 4.90 Å². The van der Waals surface area contributed by atoms with Crippen LogP contribution >= 0.6 is 10.8 Å². The van der Waals surface area contributed by atoms with Gasteiger partial charge in [-0.1, -0.05) is 18.2 Å². The lowest BCUT2D eigenvalue weighted by Gasteiger charge is -2.42. The first-order valence-corrected chi connectivity index (χ1v) is 6.03. The second-order valence-corrected chi connectivity index (χ2v) is 5.56. The summed E-state index contributed by atoms with van der Waals surface area (Å²) in [4.78, 5) is 0.566. The molecule has 0 aliphatic rings. The average molecular weight is 215 g/mol. The van der Waals surface area contributed by atoms with Gasteiger partial charge in [0.1, 0.15) is 0 Å². The van der Waals surface area contributed by atoms with Gasteiger partial charge in [0.25, 0.3) is 0 Å². The highest BCUT2D eigenvalue weighted by molar-refractivity contribution is 8.22. The molecule has 0 heterocycles. The third kappa shape index (κ3) is 2.27. The van der Waals surface area contributed by atoms with E-state index in [1.165, 1.54) is 0 Å². The van der Waals surface area contributed by atoms with Crippen molar-refractivity contribution in [3.8, 4) is 0 Å². The first-order valence-electron chi connectivity index (χ1n) is 4.52. The first kappa shape index (κ1) is 11.5. The molecular weight excluding hydrogens is 198 g/mol. The number of hydrogen-bond acceptors (Lipinski definition) is 3. The monoisotopic (exact) mass is 215 g/mol. The zero-order valence-corrected chi connectivity index (χ0v) is 9.53. The SMILES string of the molecule is CC(C)N(C)S(O)(O)c1ccccc1. The van der Waals surface area contributed by atoms with Gasteiger partial charge in [0, 0.05) is 13.1 Å². The van der Waals surface area contributed by atoms with Crippen LogP contribution in [-0.4, -0.2) is 26.5 Å². The summed E-state index contributed by atoms with van der Waals surface area (Å²) in [6, 6.07) is 9.02. The molecule has 1 aromatic carbocycles. The Morgan fingerprint density at radius 3 is 2.07 bits per heavy atom. The maximum atomic E-state index is 9.99. The van der Waals surface area contributed by atoms with Crippen LogP contribution in [-0.2, 0) is 0 Å². The third-order valence-electron chi connectivity index (χ3n) is 2.19. The minimum Gasteiger partial charge on any atom is -0.281 e. The van der Waals surface area contributed by atoms with Crippen molar-refractivity contribution in [2.24, 2.45) is 0 Å². The molecule has 0 unspecified atom stereocenters. The van der Waals surface area contributed by atoms with Crippen molar-refractivity contribution >= 4 is 10.8 Å². The van der Waals surface area contributed by atoms with Crippen molar-refractivity contribution in [3.63, 3.8) is 0 Å². The van der Waals surface area contributed by atoms with E-state index in [2.05, 4.69) is 0 Å². The molecular formula is C10H17NO2S. The van der Waals surface area contributed by atoms with Gasteiger partial charge in [-0.15, -0.1) is 10.8 Å². The summed E-state index contributed by atoms with van der Waals surface area (Å²) in [6.45, 7) is 3.86. The van der Waals surface area contributed by atoms with Crippen LogP contribution in [0.5, 0.6) is 0 Å². The normalized spacial score (nSPS) is 13.6. The quantitative estimate of drug-likeness (QED) is 0.814. The summed E-state index contributed by atoms with van der Waals surface area (Å²) in [7, 11) is -1.09. The van der Waals surface area contributed by atoms with Crippen LogP contribution in [0.1, 0.15) is 13.8 Å². The summed E-state index contributed by atoms with van der Waals surface area (Å²) < 4.78 is 21.6. The van der Waals surface area contributed by atoms with Crippen LogP contribution in [0.3, 0.4) is 0 Å². The Kier molecular flexibility index (Phi) is 3.55. The molecule has 4 heteroatoms. The Balaban J connectivity index is 2.96. The van der Waals surface area contributed by atoms with E-state index in [-0.39, 0.29) is 6.04 Å². The standard InChI is InChI=1S/C10H17NO2S/c1-9(2)11(3)14(12,13)10-7-5-4-6-8-10/h4-9,12-13H,1-3H3. The molecule has 0 saturated carbocycles. The summed E-state index contributed by atoms with van der Waals surface area (Å²) in [5.41, 5.74) is 0. The maximum Gasteiger partial charge on any atom is 0.0752 e. The van der Waals surface area contributed by atoms with E-state index < -0.39 is 10.8 Å². The Morgan fingerprint density at radius 1 is 1.14 bits per heavy atom. The number of benzene rings is 1. The predicted octanol–water partition coefficient (Wildman–Crippen LogP) is 3.05. The lowest BCUT2D eigenvalue weighted by atomic mass is 10.4. The molecule has 0 aromatic heterocycles. The summed E-state index contributed by atoms with van der Waals surface area (Å²) in [5, 5.41) is 0. The highest BCUT2D eigenvalue weighted by Gasteiger charge is 2.23. The molecule has 0 spiro atoms. The first-order chi connectivity index (χ1) is 6.46. The van der Waals surface area contributed by atoms with E-state index in [4.69, 9.17) is 0 Å². The van der Waals surface area contributed by atoms with Crippen LogP contribution < -0.4 is 0 Å². The molecule has 0 aliphatic heterocycles. The van der Waals surface area contributed by atoms with Crippen molar-refractivity contribution in [2.75, 3.05) is 7.05 Å². The molecule has 0 amide bonds. The van der Waals surface area contributed by atoms with E-state index in [1.807, 2.05) is 19.9 Å². The minimum absolute atomic E-state index is 0.0974. The number of rotatable bonds is 3. The van der Waals surface area contributed by atoms with Crippen LogP contribution in [0.25, 0.3) is 0 Å². The van der Waals surface area contributed by atoms with Gasteiger partial charge in [-0.3, -0.25) is 9.11 Å². The Hall–Kier alpha value is -0.550. The predicted molar refractivity (Wildman–Crippen MR) is 60.5 cm³/mol. The van der Waals surface area contributed by atoms with Crippen molar-refractivity contribution in [1.82, 2.24) is 4.31 Å². The van der Waals surface area contributed by atoms with Gasteiger partial charge in [-0.2, -0.15) is 0 Å². The largest absolute Gasteiger partial charge is 0.281 e. The molecule has 0 radical (unpaired) electrons. The second kappa shape index (κ2) is 4.31. The fourth-order valence-corrected chi connectivity index (χ4v) is 2.51. The Labute approximate surface area is 86.9 Å². The molecule has 0 aliphatic carbocycles. The van der Waals surface area contributed by atoms with Gasteiger partial charge >= 0.3 is 0 Å². The highest BCUT2D eigenvalue weighted by atomic mass is 32.3. The molecule has 0 bridgehead atoms. The van der Waals surface area contributed by atoms with E-state index in [0.717, 1.165) is 0 Å². The van der Waals surface area contributed by atoms with E-state index in [1.54, 1.807) is 35.6 Å². The van der Waals surface area contributed by atoms with Crippen LogP contribution in [0.2, 0.25) is 0 Å². The molecule has 2 N–H and O–H groups in total. The van der Waals surface area contributed by atoms with Crippen molar-refractivity contribution < 1.29 is 9.11 Å². The molecule has 1 aromatic rings. The van der Waals surface area contributed by atoms with E-state index in [0.29, 0.717) is 4.90 Å². The molecule has 1 rings (SSSR count). The smallest absolute Gasteiger partial charge is 0.0752 e. The Morgan fingerprint density at radius 2 is 1.64 bits per heavy atom. The zero-order chi connectivity index (χ0) is 10.8. The highest BCUT2D eigenvalue weighted by Crippen LogP contribution is 2.51.